The molecule has 7 heteroatoms. The van der Waals surface area contributed by atoms with Crippen LogP contribution in [-0.2, 0) is 9.47 Å². The number of carbonyl (C=O) groups is 1. The minimum absolute atomic E-state index is 0.137. The van der Waals surface area contributed by atoms with Crippen molar-refractivity contribution >= 4 is 11.8 Å². The molecule has 2 aromatic rings. The Kier molecular flexibility index (Phi) is 5.30. The first-order valence-corrected chi connectivity index (χ1v) is 8.56. The smallest absolute Gasteiger partial charge is 0.475 e. The molecule has 2 heterocycles. The molecule has 1 aromatic heterocycles. The van der Waals surface area contributed by atoms with Crippen LogP contribution in [0.5, 0.6) is 5.88 Å². The van der Waals surface area contributed by atoms with Gasteiger partial charge in [-0.15, -0.1) is 0 Å². The summed E-state index contributed by atoms with van der Waals surface area (Å²) in [6.07, 6.45) is 0.593. The van der Waals surface area contributed by atoms with Crippen molar-refractivity contribution in [3.05, 3.63) is 64.9 Å². The molecule has 0 spiro atoms. The Hall–Kier alpha value is -3.09. The van der Waals surface area contributed by atoms with E-state index in [0.29, 0.717) is 28.4 Å². The molecular formula is C20H21FN2O4. The highest BCUT2D eigenvalue weighted by molar-refractivity contribution is 5.70. The summed E-state index contributed by atoms with van der Waals surface area (Å²) in [6.45, 7) is 5.50. The average molecular weight is 372 g/mol. The molecule has 27 heavy (non-hydrogen) atoms. The summed E-state index contributed by atoms with van der Waals surface area (Å²) in [5.41, 5.74) is 2.23. The quantitative estimate of drug-likeness (QED) is 0.792. The van der Waals surface area contributed by atoms with Crippen LogP contribution in [0.4, 0.5) is 14.9 Å². The van der Waals surface area contributed by atoms with Gasteiger partial charge >= 0.3 is 6.16 Å². The predicted molar refractivity (Wildman–Crippen MR) is 98.1 cm³/mol. The number of hydrogen-bond donors (Lipinski definition) is 1. The number of halogens is 1. The van der Waals surface area contributed by atoms with Gasteiger partial charge in [0.05, 0.1) is 30.4 Å². The first kappa shape index (κ1) is 18.7. The monoisotopic (exact) mass is 372 g/mol. The van der Waals surface area contributed by atoms with Crippen molar-refractivity contribution in [2.45, 2.75) is 32.8 Å². The van der Waals surface area contributed by atoms with Crippen molar-refractivity contribution in [1.29, 1.82) is 0 Å². The van der Waals surface area contributed by atoms with Gasteiger partial charge < -0.3 is 19.5 Å². The second kappa shape index (κ2) is 7.65. The lowest BCUT2D eigenvalue weighted by Crippen LogP contribution is -2.24. The summed E-state index contributed by atoms with van der Waals surface area (Å²) < 4.78 is 30.6. The molecule has 1 atom stereocenters. The largest absolute Gasteiger partial charge is 0.513 e. The molecule has 0 amide bonds. The molecule has 6 nitrogen and oxygen atoms in total. The van der Waals surface area contributed by atoms with Gasteiger partial charge in [-0.2, -0.15) is 0 Å². The number of hydrogen-bond acceptors (Lipinski definition) is 6. The highest BCUT2D eigenvalue weighted by Gasteiger charge is 2.36. The molecule has 142 valence electrons. The molecule has 1 aliphatic rings. The number of methoxy groups -OCH3 is 1. The zero-order valence-electron chi connectivity index (χ0n) is 15.6. The number of aromatic nitrogens is 1. The Labute approximate surface area is 157 Å². The number of pyridine rings is 1. The topological polar surface area (TPSA) is 69.7 Å². The fourth-order valence-corrected chi connectivity index (χ4v) is 3.04. The summed E-state index contributed by atoms with van der Waals surface area (Å²) in [6, 6.07) is 8.11. The summed E-state index contributed by atoms with van der Waals surface area (Å²) >= 11 is 0. The van der Waals surface area contributed by atoms with Gasteiger partial charge in [0.25, 0.3) is 0 Å². The zero-order valence-corrected chi connectivity index (χ0v) is 15.6. The molecule has 0 aliphatic carbocycles. The standard InChI is InChI=1S/C20H21FN2O4/c1-11(2)26-19-17-15(9-10-22-19)23-12(3)18(27-20(24)25-4)16(17)13-7-5-6-8-14(13)21/h5-11,16,23H,1-4H3. The first-order valence-electron chi connectivity index (χ1n) is 8.56. The van der Waals surface area contributed by atoms with E-state index in [9.17, 15) is 9.18 Å². The number of anilines is 1. The van der Waals surface area contributed by atoms with Crippen molar-refractivity contribution in [1.82, 2.24) is 4.98 Å². The van der Waals surface area contributed by atoms with Crippen LogP contribution < -0.4 is 10.1 Å². The lowest BCUT2D eigenvalue weighted by molar-refractivity contribution is 0.0925. The van der Waals surface area contributed by atoms with Crippen molar-refractivity contribution < 1.29 is 23.4 Å². The summed E-state index contributed by atoms with van der Waals surface area (Å²) in [5, 5.41) is 3.18. The lowest BCUT2D eigenvalue weighted by atomic mass is 9.85. The Morgan fingerprint density at radius 1 is 1.26 bits per heavy atom. The number of fused-ring (bicyclic) bond motifs is 1. The van der Waals surface area contributed by atoms with Gasteiger partial charge in [-0.1, -0.05) is 18.2 Å². The second-order valence-electron chi connectivity index (χ2n) is 6.37. The fourth-order valence-electron chi connectivity index (χ4n) is 3.04. The highest BCUT2D eigenvalue weighted by atomic mass is 19.1. The van der Waals surface area contributed by atoms with E-state index in [4.69, 9.17) is 9.47 Å². The van der Waals surface area contributed by atoms with E-state index in [1.807, 2.05) is 13.8 Å². The maximum Gasteiger partial charge on any atom is 0.513 e. The molecule has 1 aliphatic heterocycles. The number of nitrogens with one attached hydrogen (secondary N) is 1. The molecule has 1 N–H and O–H groups in total. The third-order valence-electron chi connectivity index (χ3n) is 4.12. The Bertz CT molecular complexity index is 895. The van der Waals surface area contributed by atoms with Gasteiger partial charge in [0.15, 0.2) is 0 Å². The van der Waals surface area contributed by atoms with Crippen LogP contribution in [0.3, 0.4) is 0 Å². The van der Waals surface area contributed by atoms with Gasteiger partial charge in [0.2, 0.25) is 5.88 Å². The lowest BCUT2D eigenvalue weighted by Gasteiger charge is -2.31. The van der Waals surface area contributed by atoms with E-state index in [1.54, 1.807) is 37.4 Å². The molecular weight excluding hydrogens is 351 g/mol. The van der Waals surface area contributed by atoms with Crippen molar-refractivity contribution in [2.24, 2.45) is 0 Å². The minimum Gasteiger partial charge on any atom is -0.475 e. The van der Waals surface area contributed by atoms with E-state index in [-0.39, 0.29) is 11.9 Å². The maximum atomic E-state index is 14.7. The Balaban J connectivity index is 2.23. The Morgan fingerprint density at radius 2 is 2.00 bits per heavy atom. The SMILES string of the molecule is COC(=O)OC1=C(C)Nc2ccnc(OC(C)C)c2C1c1ccccc1F. The van der Waals surface area contributed by atoms with Gasteiger partial charge in [0.1, 0.15) is 11.6 Å². The summed E-state index contributed by atoms with van der Waals surface area (Å²) in [7, 11) is 1.22. The van der Waals surface area contributed by atoms with E-state index in [2.05, 4.69) is 15.0 Å². The van der Waals surface area contributed by atoms with E-state index >= 15 is 0 Å². The van der Waals surface area contributed by atoms with Crippen LogP contribution in [-0.4, -0.2) is 24.4 Å². The Morgan fingerprint density at radius 3 is 2.67 bits per heavy atom. The number of nitrogens with zero attached hydrogens (tertiary/aromatic N) is 1. The molecule has 3 rings (SSSR count). The first-order chi connectivity index (χ1) is 12.9. The molecule has 0 fully saturated rings. The number of benzene rings is 1. The third kappa shape index (κ3) is 3.72. The van der Waals surface area contributed by atoms with Crippen molar-refractivity contribution in [2.75, 3.05) is 12.4 Å². The molecule has 1 aromatic carbocycles. The maximum absolute atomic E-state index is 14.7. The zero-order chi connectivity index (χ0) is 19.6. The van der Waals surface area contributed by atoms with Gasteiger partial charge in [-0.25, -0.2) is 14.2 Å². The summed E-state index contributed by atoms with van der Waals surface area (Å²) in [4.78, 5) is 16.1. The van der Waals surface area contributed by atoms with Crippen LogP contribution >= 0.6 is 0 Å². The number of carbonyl (C=O) groups excluding carboxylic acids is 1. The predicted octanol–water partition coefficient (Wildman–Crippen LogP) is 4.58. The van der Waals surface area contributed by atoms with Gasteiger partial charge in [0, 0.05) is 17.4 Å². The summed E-state index contributed by atoms with van der Waals surface area (Å²) in [5.74, 6) is -0.555. The number of rotatable bonds is 4. The van der Waals surface area contributed by atoms with Crippen LogP contribution in [0.2, 0.25) is 0 Å². The molecule has 0 saturated heterocycles. The van der Waals surface area contributed by atoms with Crippen molar-refractivity contribution in [3.63, 3.8) is 0 Å². The van der Waals surface area contributed by atoms with Gasteiger partial charge in [-0.3, -0.25) is 0 Å². The third-order valence-corrected chi connectivity index (χ3v) is 4.12. The highest BCUT2D eigenvalue weighted by Crippen LogP contribution is 2.46. The number of ether oxygens (including phenoxy) is 3. The van der Waals surface area contributed by atoms with Crippen LogP contribution in [0.25, 0.3) is 0 Å². The normalized spacial score (nSPS) is 15.9. The van der Waals surface area contributed by atoms with E-state index < -0.39 is 17.9 Å². The fraction of sp³-hybridized carbons (Fsp3) is 0.300. The van der Waals surface area contributed by atoms with E-state index in [1.165, 1.54) is 13.2 Å². The van der Waals surface area contributed by atoms with Crippen LogP contribution in [0.15, 0.2) is 48.0 Å². The molecule has 0 radical (unpaired) electrons. The molecule has 0 saturated carbocycles. The second-order valence-corrected chi connectivity index (χ2v) is 6.37. The van der Waals surface area contributed by atoms with Crippen molar-refractivity contribution in [3.8, 4) is 5.88 Å². The van der Waals surface area contributed by atoms with Crippen LogP contribution in [0.1, 0.15) is 37.8 Å². The molecule has 1 unspecified atom stereocenters. The molecule has 0 bridgehead atoms. The minimum atomic E-state index is -0.883. The van der Waals surface area contributed by atoms with Crippen LogP contribution in [0, 0.1) is 5.82 Å². The average Bonchev–Trinajstić information content (AvgIpc) is 2.63. The van der Waals surface area contributed by atoms with Gasteiger partial charge in [-0.05, 0) is 32.9 Å². The van der Waals surface area contributed by atoms with E-state index in [0.717, 1.165) is 0 Å². The number of allylic oxidation sites excluding steroid dienone is 2.